The maximum absolute atomic E-state index is 5.40. The van der Waals surface area contributed by atoms with Gasteiger partial charge in [0, 0.05) is 55.9 Å². The molecule has 1 atom stereocenters. The molecule has 0 spiro atoms. The van der Waals surface area contributed by atoms with E-state index in [0.29, 0.717) is 11.7 Å². The Morgan fingerprint density at radius 2 is 1.31 bits per heavy atom. The molecule has 6 aromatic carbocycles. The highest BCUT2D eigenvalue weighted by Crippen LogP contribution is 2.50. The third-order valence-electron chi connectivity index (χ3n) is 10.6. The third kappa shape index (κ3) is 3.63. The molecule has 4 nitrogen and oxygen atoms in total. The Hall–Kier alpha value is -6.26. The summed E-state index contributed by atoms with van der Waals surface area (Å²) in [6.45, 7) is 2.37. The van der Waals surface area contributed by atoms with Gasteiger partial charge in [-0.05, 0) is 40.1 Å². The first-order valence-corrected chi connectivity index (χ1v) is 17.1. The molecule has 0 fully saturated rings. The minimum Gasteiger partial charge on any atom is -0.297 e. The maximum atomic E-state index is 5.40. The average Bonchev–Trinajstić information content (AvgIpc) is 3.80. The van der Waals surface area contributed by atoms with E-state index in [1.54, 1.807) is 0 Å². The van der Waals surface area contributed by atoms with E-state index in [1.807, 2.05) is 6.07 Å². The van der Waals surface area contributed by atoms with E-state index in [0.717, 1.165) is 34.6 Å². The predicted octanol–water partition coefficient (Wildman–Crippen LogP) is 11.6. The van der Waals surface area contributed by atoms with E-state index >= 15 is 0 Å². The SMILES string of the molecule is CC1CC=Cc2c1n1c3c(cc4ccccc4c23)c2c3c4ccccc4ccc3n(-c3cc(-c4ccccc4)nc(-c4ccccc4)n3)c21. The van der Waals surface area contributed by atoms with Gasteiger partial charge in [-0.2, -0.15) is 0 Å². The molecule has 4 heterocycles. The van der Waals surface area contributed by atoms with Crippen LogP contribution in [0.5, 0.6) is 0 Å². The van der Waals surface area contributed by atoms with Crippen LogP contribution >= 0.6 is 0 Å². The largest absolute Gasteiger partial charge is 0.297 e. The monoisotopic (exact) mass is 626 g/mol. The van der Waals surface area contributed by atoms with E-state index in [2.05, 4.69) is 155 Å². The number of allylic oxidation sites excluding steroid dienone is 1. The fourth-order valence-corrected chi connectivity index (χ4v) is 8.55. The Labute approximate surface area is 282 Å². The van der Waals surface area contributed by atoms with Gasteiger partial charge in [0.05, 0.1) is 16.7 Å². The van der Waals surface area contributed by atoms with E-state index in [-0.39, 0.29) is 0 Å². The van der Waals surface area contributed by atoms with Crippen molar-refractivity contribution in [2.24, 2.45) is 0 Å². The normalized spacial score (nSPS) is 14.7. The van der Waals surface area contributed by atoms with Crippen molar-refractivity contribution in [3.63, 3.8) is 0 Å². The van der Waals surface area contributed by atoms with Gasteiger partial charge in [-0.3, -0.25) is 8.97 Å². The highest BCUT2D eigenvalue weighted by Gasteiger charge is 2.31. The van der Waals surface area contributed by atoms with Crippen LogP contribution in [0.25, 0.3) is 94.3 Å². The van der Waals surface area contributed by atoms with Crippen molar-refractivity contribution in [1.29, 1.82) is 0 Å². The fraction of sp³-hybridized carbons (Fsp3) is 0.0667. The number of benzene rings is 6. The minimum absolute atomic E-state index is 0.360. The van der Waals surface area contributed by atoms with Crippen molar-refractivity contribution in [3.05, 3.63) is 151 Å². The van der Waals surface area contributed by atoms with Crippen LogP contribution in [-0.4, -0.2) is 18.9 Å². The standard InChI is InChI=1S/C45H30N4/c1-27-13-12-22-34-39-33-21-11-9-19-31(33)25-35-41-40-32-20-10-8-14-28(32)23-24-37(40)48(45(41)49(42(27)34)43(35)39)38-26-36(29-15-4-2-5-16-29)46-44(47-38)30-17-6-3-7-18-30/h2-12,14-27H,13H2,1H3. The molecule has 0 N–H and O–H groups in total. The van der Waals surface area contributed by atoms with E-state index in [9.17, 15) is 0 Å². The lowest BCUT2D eigenvalue weighted by Gasteiger charge is -2.17. The van der Waals surface area contributed by atoms with Gasteiger partial charge >= 0.3 is 0 Å². The summed E-state index contributed by atoms with van der Waals surface area (Å²) < 4.78 is 5.02. The minimum atomic E-state index is 0.360. The summed E-state index contributed by atoms with van der Waals surface area (Å²) in [5.74, 6) is 1.94. The number of hydrogen-bond acceptors (Lipinski definition) is 2. The van der Waals surface area contributed by atoms with Crippen LogP contribution in [-0.2, 0) is 0 Å². The molecule has 11 rings (SSSR count). The molecule has 0 bridgehead atoms. The summed E-state index contributed by atoms with van der Waals surface area (Å²) in [6, 6.07) is 47.7. The highest BCUT2D eigenvalue weighted by molar-refractivity contribution is 6.34. The Bertz CT molecular complexity index is 2910. The van der Waals surface area contributed by atoms with E-state index in [1.165, 1.54) is 65.5 Å². The van der Waals surface area contributed by atoms with E-state index in [4.69, 9.17) is 9.97 Å². The van der Waals surface area contributed by atoms with Crippen molar-refractivity contribution in [3.8, 4) is 28.5 Å². The first-order valence-electron chi connectivity index (χ1n) is 17.1. The van der Waals surface area contributed by atoms with Crippen molar-refractivity contribution in [1.82, 2.24) is 18.9 Å². The summed E-state index contributed by atoms with van der Waals surface area (Å²) in [7, 11) is 0. The van der Waals surface area contributed by atoms with Gasteiger partial charge in [-0.15, -0.1) is 0 Å². The molecule has 1 aliphatic rings. The van der Waals surface area contributed by atoms with Crippen LogP contribution in [0.3, 0.4) is 0 Å². The van der Waals surface area contributed by atoms with Crippen LogP contribution < -0.4 is 0 Å². The molecule has 1 aliphatic carbocycles. The smallest absolute Gasteiger partial charge is 0.162 e. The average molecular weight is 627 g/mol. The summed E-state index contributed by atoms with van der Waals surface area (Å²) >= 11 is 0. The topological polar surface area (TPSA) is 35.1 Å². The van der Waals surface area contributed by atoms with Gasteiger partial charge in [0.25, 0.3) is 0 Å². The zero-order valence-corrected chi connectivity index (χ0v) is 26.9. The zero-order chi connectivity index (χ0) is 32.2. The lowest BCUT2D eigenvalue weighted by molar-refractivity contribution is 0.736. The van der Waals surface area contributed by atoms with Gasteiger partial charge < -0.3 is 0 Å². The summed E-state index contributed by atoms with van der Waals surface area (Å²) in [5, 5.41) is 10.2. The Morgan fingerprint density at radius 1 is 0.612 bits per heavy atom. The number of rotatable bonds is 3. The lowest BCUT2D eigenvalue weighted by atomic mass is 9.91. The second kappa shape index (κ2) is 9.88. The van der Waals surface area contributed by atoms with Crippen molar-refractivity contribution < 1.29 is 0 Å². The van der Waals surface area contributed by atoms with Crippen LogP contribution in [0.4, 0.5) is 0 Å². The Morgan fingerprint density at radius 3 is 2.10 bits per heavy atom. The van der Waals surface area contributed by atoms with Crippen molar-refractivity contribution in [2.75, 3.05) is 0 Å². The molecule has 0 amide bonds. The molecule has 1 unspecified atom stereocenters. The molecule has 0 saturated heterocycles. The highest BCUT2D eigenvalue weighted by atomic mass is 15.2. The number of aromatic nitrogens is 4. The zero-order valence-electron chi connectivity index (χ0n) is 26.9. The van der Waals surface area contributed by atoms with Crippen LogP contribution in [0.1, 0.15) is 30.5 Å². The van der Waals surface area contributed by atoms with Crippen molar-refractivity contribution >= 4 is 65.8 Å². The first kappa shape index (κ1) is 26.8. The summed E-state index contributed by atoms with van der Waals surface area (Å²) in [5.41, 5.74) is 9.30. The van der Waals surface area contributed by atoms with Gasteiger partial charge in [0.15, 0.2) is 5.82 Å². The maximum Gasteiger partial charge on any atom is 0.162 e. The van der Waals surface area contributed by atoms with Gasteiger partial charge in [0.1, 0.15) is 11.5 Å². The molecule has 0 radical (unpaired) electrons. The molecule has 230 valence electrons. The second-order valence-electron chi connectivity index (χ2n) is 13.4. The Balaban J connectivity index is 1.40. The number of hydrogen-bond donors (Lipinski definition) is 0. The molecular formula is C45H30N4. The number of fused-ring (bicyclic) bond motifs is 12. The first-order chi connectivity index (χ1) is 24.2. The lowest BCUT2D eigenvalue weighted by Crippen LogP contribution is -2.07. The third-order valence-corrected chi connectivity index (χ3v) is 10.6. The summed E-state index contributed by atoms with van der Waals surface area (Å²) in [6.07, 6.45) is 5.73. The molecule has 4 aromatic heterocycles. The quantitative estimate of drug-likeness (QED) is 0.196. The second-order valence-corrected chi connectivity index (χ2v) is 13.4. The molecule has 4 heteroatoms. The van der Waals surface area contributed by atoms with Gasteiger partial charge in [-0.25, -0.2) is 9.97 Å². The molecular weight excluding hydrogens is 597 g/mol. The van der Waals surface area contributed by atoms with Crippen molar-refractivity contribution in [2.45, 2.75) is 19.3 Å². The summed E-state index contributed by atoms with van der Waals surface area (Å²) in [4.78, 5) is 10.6. The number of nitrogens with zero attached hydrogens (tertiary/aromatic N) is 4. The van der Waals surface area contributed by atoms with Crippen LogP contribution in [0, 0.1) is 0 Å². The molecule has 49 heavy (non-hydrogen) atoms. The van der Waals surface area contributed by atoms with E-state index < -0.39 is 0 Å². The van der Waals surface area contributed by atoms with Gasteiger partial charge in [0.2, 0.25) is 0 Å². The Kier molecular flexibility index (Phi) is 5.40. The predicted molar refractivity (Wildman–Crippen MR) is 204 cm³/mol. The molecule has 0 aliphatic heterocycles. The van der Waals surface area contributed by atoms with Gasteiger partial charge in [-0.1, -0.05) is 134 Å². The molecule has 0 saturated carbocycles. The molecule has 10 aromatic rings. The fourth-order valence-electron chi connectivity index (χ4n) is 8.55. The van der Waals surface area contributed by atoms with Crippen LogP contribution in [0.2, 0.25) is 0 Å². The van der Waals surface area contributed by atoms with Crippen LogP contribution in [0.15, 0.2) is 140 Å².